The molecule has 2 N–H and O–H groups in total. The summed E-state index contributed by atoms with van der Waals surface area (Å²) < 4.78 is 14.4. The summed E-state index contributed by atoms with van der Waals surface area (Å²) >= 11 is 0. The van der Waals surface area contributed by atoms with E-state index >= 15 is 0 Å². The van der Waals surface area contributed by atoms with Gasteiger partial charge in [0.25, 0.3) is 5.91 Å². The maximum absolute atomic E-state index is 14.4. The topological polar surface area (TPSA) is 64.9 Å². The number of carbonyl (C=O) groups is 1. The van der Waals surface area contributed by atoms with Crippen LogP contribution in [0.15, 0.2) is 41.5 Å². The van der Waals surface area contributed by atoms with Gasteiger partial charge in [0.05, 0.1) is 17.5 Å². The van der Waals surface area contributed by atoms with Crippen molar-refractivity contribution in [3.63, 3.8) is 0 Å². The molecule has 1 aliphatic rings. The lowest BCUT2D eigenvalue weighted by Crippen LogP contribution is -2.19. The molecule has 0 saturated carbocycles. The molecule has 0 bridgehead atoms. The van der Waals surface area contributed by atoms with Gasteiger partial charge in [-0.15, -0.1) is 0 Å². The normalized spacial score (nSPS) is 14.2. The van der Waals surface area contributed by atoms with Gasteiger partial charge in [-0.3, -0.25) is 4.79 Å². The molecule has 0 spiro atoms. The highest BCUT2D eigenvalue weighted by atomic mass is 19.1. The van der Waals surface area contributed by atoms with E-state index in [1.165, 1.54) is 24.4 Å². The van der Waals surface area contributed by atoms with E-state index in [0.29, 0.717) is 11.3 Å². The summed E-state index contributed by atoms with van der Waals surface area (Å²) in [4.78, 5) is 14.0. The fourth-order valence-electron chi connectivity index (χ4n) is 2.91. The Hall–Kier alpha value is -2.89. The molecular weight excluding hydrogens is 321 g/mol. The number of hydrogen-bond acceptors (Lipinski definition) is 4. The summed E-state index contributed by atoms with van der Waals surface area (Å²) in [6, 6.07) is 9.44. The number of phenols is 1. The van der Waals surface area contributed by atoms with Gasteiger partial charge < -0.3 is 10.0 Å². The Bertz CT molecular complexity index is 814. The Kier molecular flexibility index (Phi) is 4.97. The van der Waals surface area contributed by atoms with E-state index in [9.17, 15) is 14.3 Å². The minimum Gasteiger partial charge on any atom is -0.507 e. The number of carbonyl (C=O) groups excluding carboxylic acids is 1. The van der Waals surface area contributed by atoms with Gasteiger partial charge in [0.2, 0.25) is 0 Å². The van der Waals surface area contributed by atoms with Gasteiger partial charge in [-0.2, -0.15) is 5.10 Å². The number of anilines is 1. The Morgan fingerprint density at radius 3 is 2.72 bits per heavy atom. The number of para-hydroxylation sites is 1. The van der Waals surface area contributed by atoms with Crippen molar-refractivity contribution in [2.24, 2.45) is 5.10 Å². The molecule has 1 saturated heterocycles. The molecule has 1 amide bonds. The molecule has 5 nitrogen and oxygen atoms in total. The molecule has 0 aromatic heterocycles. The van der Waals surface area contributed by atoms with E-state index in [-0.39, 0.29) is 17.1 Å². The van der Waals surface area contributed by atoms with Crippen molar-refractivity contribution in [2.75, 3.05) is 18.0 Å². The van der Waals surface area contributed by atoms with Crippen LogP contribution in [-0.4, -0.2) is 30.3 Å². The zero-order chi connectivity index (χ0) is 17.8. The van der Waals surface area contributed by atoms with Gasteiger partial charge >= 0.3 is 0 Å². The summed E-state index contributed by atoms with van der Waals surface area (Å²) in [5, 5.41) is 13.5. The first-order valence-electron chi connectivity index (χ1n) is 8.23. The fraction of sp³-hybridized carbons (Fsp3) is 0.263. The number of hydrazone groups is 1. The summed E-state index contributed by atoms with van der Waals surface area (Å²) in [5.41, 5.74) is 4.56. The van der Waals surface area contributed by atoms with Crippen LogP contribution in [0, 0.1) is 12.7 Å². The van der Waals surface area contributed by atoms with E-state index < -0.39 is 5.91 Å². The van der Waals surface area contributed by atoms with Crippen molar-refractivity contribution in [1.82, 2.24) is 5.43 Å². The molecule has 0 radical (unpaired) electrons. The highest BCUT2D eigenvalue weighted by Gasteiger charge is 2.17. The van der Waals surface area contributed by atoms with Crippen molar-refractivity contribution >= 4 is 17.8 Å². The number of benzene rings is 2. The zero-order valence-electron chi connectivity index (χ0n) is 14.0. The maximum atomic E-state index is 14.4. The van der Waals surface area contributed by atoms with E-state index in [1.54, 1.807) is 12.1 Å². The van der Waals surface area contributed by atoms with E-state index in [0.717, 1.165) is 31.5 Å². The molecular formula is C19H20FN3O2. The lowest BCUT2D eigenvalue weighted by Gasteiger charge is -2.19. The third-order valence-corrected chi connectivity index (χ3v) is 4.30. The summed E-state index contributed by atoms with van der Waals surface area (Å²) in [6.45, 7) is 3.63. The second kappa shape index (κ2) is 7.34. The lowest BCUT2D eigenvalue weighted by molar-refractivity contribution is 0.0952. The Labute approximate surface area is 145 Å². The molecule has 2 aromatic rings. The van der Waals surface area contributed by atoms with Crippen LogP contribution in [0.1, 0.15) is 34.3 Å². The monoisotopic (exact) mass is 341 g/mol. The molecule has 0 aliphatic carbocycles. The Balaban J connectivity index is 1.72. The minimum absolute atomic E-state index is 0.118. The number of phenolic OH excluding ortho intramolecular Hbond substituents is 1. The molecule has 1 aliphatic heterocycles. The van der Waals surface area contributed by atoms with Gasteiger partial charge in [0.15, 0.2) is 0 Å². The van der Waals surface area contributed by atoms with Gasteiger partial charge in [0, 0.05) is 18.7 Å². The molecule has 6 heteroatoms. The predicted molar refractivity (Wildman–Crippen MR) is 95.8 cm³/mol. The van der Waals surface area contributed by atoms with Crippen molar-refractivity contribution in [1.29, 1.82) is 0 Å². The SMILES string of the molecule is Cc1cc(N2CCCC2)c(F)cc1/C=N/NC(=O)c1ccccc1O. The second-order valence-electron chi connectivity index (χ2n) is 6.07. The summed E-state index contributed by atoms with van der Waals surface area (Å²) in [7, 11) is 0. The molecule has 0 atom stereocenters. The molecule has 1 heterocycles. The Morgan fingerprint density at radius 1 is 1.28 bits per heavy atom. The molecule has 1 fully saturated rings. The van der Waals surface area contributed by atoms with Crippen molar-refractivity contribution in [3.8, 4) is 5.75 Å². The molecule has 2 aromatic carbocycles. The van der Waals surface area contributed by atoms with Crippen LogP contribution >= 0.6 is 0 Å². The van der Waals surface area contributed by atoms with Crippen LogP contribution in [0.5, 0.6) is 5.75 Å². The molecule has 25 heavy (non-hydrogen) atoms. The Morgan fingerprint density at radius 2 is 2.00 bits per heavy atom. The van der Waals surface area contributed by atoms with E-state index in [4.69, 9.17) is 0 Å². The van der Waals surface area contributed by atoms with Crippen LogP contribution < -0.4 is 10.3 Å². The van der Waals surface area contributed by atoms with Crippen LogP contribution in [0.25, 0.3) is 0 Å². The quantitative estimate of drug-likeness (QED) is 0.663. The number of amides is 1. The third kappa shape index (κ3) is 3.79. The predicted octanol–water partition coefficient (Wildman–Crippen LogP) is 3.20. The average Bonchev–Trinajstić information content (AvgIpc) is 3.12. The lowest BCUT2D eigenvalue weighted by atomic mass is 10.1. The third-order valence-electron chi connectivity index (χ3n) is 4.30. The van der Waals surface area contributed by atoms with Gasteiger partial charge in [-0.05, 0) is 49.6 Å². The fourth-order valence-corrected chi connectivity index (χ4v) is 2.91. The van der Waals surface area contributed by atoms with Gasteiger partial charge in [-0.1, -0.05) is 12.1 Å². The average molecular weight is 341 g/mol. The van der Waals surface area contributed by atoms with Crippen LogP contribution in [0.2, 0.25) is 0 Å². The highest BCUT2D eigenvalue weighted by molar-refractivity contribution is 5.97. The smallest absolute Gasteiger partial charge is 0.275 e. The maximum Gasteiger partial charge on any atom is 0.275 e. The number of aromatic hydroxyl groups is 1. The van der Waals surface area contributed by atoms with Crippen molar-refractivity contribution in [2.45, 2.75) is 19.8 Å². The highest BCUT2D eigenvalue weighted by Crippen LogP contribution is 2.26. The van der Waals surface area contributed by atoms with Gasteiger partial charge in [0.1, 0.15) is 11.6 Å². The number of nitrogens with zero attached hydrogens (tertiary/aromatic N) is 2. The largest absolute Gasteiger partial charge is 0.507 e. The van der Waals surface area contributed by atoms with E-state index in [1.807, 2.05) is 17.9 Å². The van der Waals surface area contributed by atoms with Crippen LogP contribution in [0.3, 0.4) is 0 Å². The number of nitrogens with one attached hydrogen (secondary N) is 1. The molecule has 0 unspecified atom stereocenters. The molecule has 130 valence electrons. The number of rotatable bonds is 4. The standard InChI is InChI=1S/C19H20FN3O2/c1-13-10-17(23-8-4-5-9-23)16(20)11-14(13)12-21-22-19(25)15-6-2-3-7-18(15)24/h2-3,6-7,10-12,24H,4-5,8-9H2,1H3,(H,22,25)/b21-12+. The second-order valence-corrected chi connectivity index (χ2v) is 6.07. The number of halogens is 1. The first kappa shape index (κ1) is 17.0. The van der Waals surface area contributed by atoms with E-state index in [2.05, 4.69) is 10.5 Å². The number of hydrogen-bond donors (Lipinski definition) is 2. The number of aryl methyl sites for hydroxylation is 1. The van der Waals surface area contributed by atoms with Crippen molar-refractivity contribution in [3.05, 3.63) is 58.9 Å². The van der Waals surface area contributed by atoms with Gasteiger partial charge in [-0.25, -0.2) is 9.82 Å². The summed E-state index contributed by atoms with van der Waals surface area (Å²) in [6.07, 6.45) is 3.57. The minimum atomic E-state index is -0.527. The zero-order valence-corrected chi connectivity index (χ0v) is 14.0. The molecule has 3 rings (SSSR count). The first-order chi connectivity index (χ1) is 12.1. The van der Waals surface area contributed by atoms with Crippen LogP contribution in [0.4, 0.5) is 10.1 Å². The first-order valence-corrected chi connectivity index (χ1v) is 8.23. The summed E-state index contributed by atoms with van der Waals surface area (Å²) in [5.74, 6) is -0.936. The van der Waals surface area contributed by atoms with Crippen molar-refractivity contribution < 1.29 is 14.3 Å². The van der Waals surface area contributed by atoms with Crippen LogP contribution in [-0.2, 0) is 0 Å².